The second kappa shape index (κ2) is 11.1. The van der Waals surface area contributed by atoms with Crippen LogP contribution in [0.5, 0.6) is 0 Å². The Labute approximate surface area is 187 Å². The minimum Gasteiger partial charge on any atom is -0.394 e. The zero-order chi connectivity index (χ0) is 22.3. The molecule has 0 radical (unpaired) electrons. The summed E-state index contributed by atoms with van der Waals surface area (Å²) in [5.74, 6) is 1.19. The molecule has 0 bridgehead atoms. The fourth-order valence-corrected chi connectivity index (χ4v) is 5.93. The van der Waals surface area contributed by atoms with Crippen molar-refractivity contribution < 1.29 is 18.3 Å². The van der Waals surface area contributed by atoms with Crippen molar-refractivity contribution in [2.75, 3.05) is 31.2 Å². The summed E-state index contributed by atoms with van der Waals surface area (Å²) in [4.78, 5) is 14.8. The summed E-state index contributed by atoms with van der Waals surface area (Å²) in [6, 6.07) is 11.1. The summed E-state index contributed by atoms with van der Waals surface area (Å²) >= 11 is 1.70. The molecule has 1 saturated heterocycles. The fourth-order valence-electron chi connectivity index (χ4n) is 3.69. The summed E-state index contributed by atoms with van der Waals surface area (Å²) in [7, 11) is -3.97. The number of carbonyl (C=O) groups is 1. The Hall–Kier alpha value is -1.91. The zero-order valence-electron chi connectivity index (χ0n) is 17.3. The van der Waals surface area contributed by atoms with E-state index in [1.165, 1.54) is 6.07 Å². The summed E-state index contributed by atoms with van der Waals surface area (Å²) in [5, 5.41) is 11.5. The minimum absolute atomic E-state index is 0.0306. The van der Waals surface area contributed by atoms with Gasteiger partial charge >= 0.3 is 0 Å². The van der Waals surface area contributed by atoms with E-state index in [0.29, 0.717) is 13.1 Å². The van der Waals surface area contributed by atoms with E-state index in [0.717, 1.165) is 35.1 Å². The van der Waals surface area contributed by atoms with E-state index >= 15 is 0 Å². The molecule has 1 aliphatic rings. The topological polar surface area (TPSA) is 113 Å². The van der Waals surface area contributed by atoms with Gasteiger partial charge in [-0.1, -0.05) is 42.5 Å². The Balaban J connectivity index is 1.68. The van der Waals surface area contributed by atoms with Crippen LogP contribution >= 0.6 is 11.8 Å². The lowest BCUT2D eigenvalue weighted by Gasteiger charge is -2.28. The molecule has 1 heterocycles. The molecule has 7 nitrogen and oxygen atoms in total. The van der Waals surface area contributed by atoms with Crippen molar-refractivity contribution in [3.63, 3.8) is 0 Å². The number of hydrogen-bond donors (Lipinski definition) is 3. The average molecular weight is 464 g/mol. The molecule has 0 aromatic heterocycles. The fraction of sp³-hybridized carbons (Fsp3) is 0.409. The number of thioether (sulfide) groups is 1. The third-order valence-corrected chi connectivity index (χ3v) is 7.81. The van der Waals surface area contributed by atoms with E-state index in [1.54, 1.807) is 28.8 Å². The van der Waals surface area contributed by atoms with Gasteiger partial charge in [0.2, 0.25) is 15.9 Å². The molecular weight excluding hydrogens is 434 g/mol. The Kier molecular flexibility index (Phi) is 8.50. The van der Waals surface area contributed by atoms with E-state index in [9.17, 15) is 18.3 Å². The summed E-state index contributed by atoms with van der Waals surface area (Å²) in [6.07, 6.45) is 5.63. The quantitative estimate of drug-likeness (QED) is 0.365. The second-order valence-electron chi connectivity index (χ2n) is 7.44. The van der Waals surface area contributed by atoms with E-state index in [4.69, 9.17) is 5.73 Å². The number of benzene rings is 2. The molecule has 2 aromatic rings. The lowest BCUT2D eigenvalue weighted by molar-refractivity contribution is -0.134. The number of rotatable bonds is 10. The van der Waals surface area contributed by atoms with Gasteiger partial charge in [-0.3, -0.25) is 4.79 Å². The van der Waals surface area contributed by atoms with Gasteiger partial charge in [0.25, 0.3) is 0 Å². The number of fused-ring (bicyclic) bond motifs is 1. The maximum absolute atomic E-state index is 13.0. The first-order valence-electron chi connectivity index (χ1n) is 10.3. The van der Waals surface area contributed by atoms with E-state index in [-0.39, 0.29) is 16.8 Å². The van der Waals surface area contributed by atoms with Crippen LogP contribution in [-0.4, -0.2) is 67.6 Å². The predicted octanol–water partition coefficient (Wildman–Crippen LogP) is 1.72. The van der Waals surface area contributed by atoms with Crippen molar-refractivity contribution in [3.05, 3.63) is 54.6 Å². The number of carbonyl (C=O) groups excluding carboxylic acids is 1. The van der Waals surface area contributed by atoms with E-state index < -0.39 is 22.7 Å². The largest absolute Gasteiger partial charge is 0.394 e. The van der Waals surface area contributed by atoms with Gasteiger partial charge in [-0.15, -0.1) is 0 Å². The van der Waals surface area contributed by atoms with Gasteiger partial charge < -0.3 is 15.7 Å². The maximum atomic E-state index is 13.0. The number of aliphatic hydroxyl groups excluding tert-OH is 1. The standard InChI is InChI=1S/C22H29N3O4S2/c23-11-3-4-13-30-16-19-8-5-12-25(19)22(27)21(15-26)24-31(28,29)20-10-9-17-6-1-2-7-18(17)14-20/h1-4,6-7,9-10,14,19,21,24,26H,5,8,11-13,15-16,23H2/b4-3+/t19-,21-/m0/s1. The van der Waals surface area contributed by atoms with Crippen LogP contribution in [0.2, 0.25) is 0 Å². The number of likely N-dealkylation sites (tertiary alicyclic amines) is 1. The summed E-state index contributed by atoms with van der Waals surface area (Å²) < 4.78 is 28.2. The lowest BCUT2D eigenvalue weighted by atomic mass is 10.1. The van der Waals surface area contributed by atoms with Gasteiger partial charge in [0, 0.05) is 30.6 Å². The van der Waals surface area contributed by atoms with Gasteiger partial charge in [-0.05, 0) is 35.7 Å². The van der Waals surface area contributed by atoms with Gasteiger partial charge in [0.15, 0.2) is 0 Å². The molecule has 0 saturated carbocycles. The molecular formula is C22H29N3O4S2. The van der Waals surface area contributed by atoms with Crippen LogP contribution in [0.15, 0.2) is 59.5 Å². The van der Waals surface area contributed by atoms with Crippen LogP contribution in [0.3, 0.4) is 0 Å². The predicted molar refractivity (Wildman–Crippen MR) is 125 cm³/mol. The maximum Gasteiger partial charge on any atom is 0.243 e. The van der Waals surface area contributed by atoms with Crippen LogP contribution in [0.1, 0.15) is 12.8 Å². The molecule has 1 aliphatic heterocycles. The highest BCUT2D eigenvalue weighted by Gasteiger charge is 2.34. The smallest absolute Gasteiger partial charge is 0.243 e. The number of hydrogen-bond acceptors (Lipinski definition) is 6. The molecule has 1 amide bonds. The number of aliphatic hydroxyl groups is 1. The van der Waals surface area contributed by atoms with Crippen molar-refractivity contribution >= 4 is 38.5 Å². The summed E-state index contributed by atoms with van der Waals surface area (Å²) in [6.45, 7) is 0.474. The van der Waals surface area contributed by atoms with Crippen molar-refractivity contribution in [3.8, 4) is 0 Å². The molecule has 0 spiro atoms. The zero-order valence-corrected chi connectivity index (χ0v) is 18.9. The third-order valence-electron chi connectivity index (χ3n) is 5.30. The molecule has 9 heteroatoms. The molecule has 2 atom stereocenters. The molecule has 4 N–H and O–H groups in total. The molecule has 0 aliphatic carbocycles. The highest BCUT2D eigenvalue weighted by atomic mass is 32.2. The van der Waals surface area contributed by atoms with Crippen molar-refractivity contribution in [2.45, 2.75) is 29.8 Å². The van der Waals surface area contributed by atoms with Crippen molar-refractivity contribution in [1.82, 2.24) is 9.62 Å². The number of sulfonamides is 1. The molecule has 1 fully saturated rings. The molecule has 2 aromatic carbocycles. The van der Waals surface area contributed by atoms with Gasteiger partial charge in [0.05, 0.1) is 11.5 Å². The van der Waals surface area contributed by atoms with Crippen LogP contribution in [0.4, 0.5) is 0 Å². The van der Waals surface area contributed by atoms with Gasteiger partial charge in [0.1, 0.15) is 6.04 Å². The van der Waals surface area contributed by atoms with E-state index in [2.05, 4.69) is 4.72 Å². The first-order valence-corrected chi connectivity index (χ1v) is 13.0. The van der Waals surface area contributed by atoms with Crippen molar-refractivity contribution in [2.24, 2.45) is 5.73 Å². The lowest BCUT2D eigenvalue weighted by Crippen LogP contribution is -2.52. The number of amides is 1. The van der Waals surface area contributed by atoms with Crippen LogP contribution in [-0.2, 0) is 14.8 Å². The molecule has 168 valence electrons. The molecule has 0 unspecified atom stereocenters. The normalized spacial score (nSPS) is 18.1. The number of nitrogens with one attached hydrogen (secondary N) is 1. The van der Waals surface area contributed by atoms with Crippen LogP contribution in [0.25, 0.3) is 10.8 Å². The van der Waals surface area contributed by atoms with Gasteiger partial charge in [-0.2, -0.15) is 16.5 Å². The minimum atomic E-state index is -3.97. The summed E-state index contributed by atoms with van der Waals surface area (Å²) in [5.41, 5.74) is 5.43. The number of nitrogens with two attached hydrogens (primary N) is 1. The molecule has 3 rings (SSSR count). The Morgan fingerprint density at radius 1 is 1.26 bits per heavy atom. The van der Waals surface area contributed by atoms with Crippen LogP contribution < -0.4 is 10.5 Å². The number of nitrogens with zero attached hydrogens (tertiary/aromatic N) is 1. The second-order valence-corrected chi connectivity index (χ2v) is 10.2. The highest BCUT2D eigenvalue weighted by molar-refractivity contribution is 7.99. The highest BCUT2D eigenvalue weighted by Crippen LogP contribution is 2.23. The van der Waals surface area contributed by atoms with Crippen LogP contribution in [0, 0.1) is 0 Å². The SMILES string of the molecule is NC/C=C/CSC[C@@H]1CCCN1C(=O)[C@H](CO)NS(=O)(=O)c1ccc2ccccc2c1. The first-order chi connectivity index (χ1) is 15.0. The Morgan fingerprint density at radius 3 is 2.77 bits per heavy atom. The van der Waals surface area contributed by atoms with Gasteiger partial charge in [-0.25, -0.2) is 8.42 Å². The Bertz CT molecular complexity index is 1030. The monoisotopic (exact) mass is 463 g/mol. The Morgan fingerprint density at radius 2 is 2.03 bits per heavy atom. The van der Waals surface area contributed by atoms with Crippen molar-refractivity contribution in [1.29, 1.82) is 0 Å². The van der Waals surface area contributed by atoms with E-state index in [1.807, 2.05) is 36.4 Å². The first kappa shape index (κ1) is 23.7. The third kappa shape index (κ3) is 6.08. The molecule has 31 heavy (non-hydrogen) atoms. The average Bonchev–Trinajstić information content (AvgIpc) is 3.25.